The smallest absolute Gasteiger partial charge is 0.0683 e. The first-order valence-electron chi connectivity index (χ1n) is 14.6. The summed E-state index contributed by atoms with van der Waals surface area (Å²) in [5, 5.41) is 6.36. The summed E-state index contributed by atoms with van der Waals surface area (Å²) in [6.45, 7) is 4.67. The minimum atomic E-state index is -0.332. The number of benzene rings is 4. The van der Waals surface area contributed by atoms with Gasteiger partial charge in [-0.2, -0.15) is 0 Å². The fourth-order valence-corrected chi connectivity index (χ4v) is 6.55. The van der Waals surface area contributed by atoms with E-state index in [1.807, 2.05) is 0 Å². The average molecular weight is 534 g/mol. The molecule has 1 aromatic heterocycles. The second-order valence-electron chi connectivity index (χ2n) is 11.5. The molecule has 1 heterocycles. The number of para-hydroxylation sites is 4. The number of hydrogen-bond acceptors (Lipinski definition) is 2. The zero-order chi connectivity index (χ0) is 27.8. The van der Waals surface area contributed by atoms with Crippen LogP contribution in [0.4, 0.5) is 11.4 Å². The molecule has 41 heavy (non-hydrogen) atoms. The van der Waals surface area contributed by atoms with E-state index in [9.17, 15) is 0 Å². The van der Waals surface area contributed by atoms with Crippen molar-refractivity contribution in [1.29, 1.82) is 0 Å². The van der Waals surface area contributed by atoms with Crippen LogP contribution in [0.3, 0.4) is 0 Å². The molecule has 2 unspecified atom stereocenters. The minimum absolute atomic E-state index is 0.332. The quantitative estimate of drug-likeness (QED) is 0.234. The SMILES string of the molecule is CC1C=C(N(C2=CC(C)(n3c4ccccc4c4ccccc43)CC(Nc3ccccc3)=C2)c2ccccc2)C=CC1. The van der Waals surface area contributed by atoms with Gasteiger partial charge >= 0.3 is 0 Å². The maximum Gasteiger partial charge on any atom is 0.0683 e. The van der Waals surface area contributed by atoms with Crippen LogP contribution in [0.1, 0.15) is 26.7 Å². The van der Waals surface area contributed by atoms with Gasteiger partial charge in [-0.25, -0.2) is 0 Å². The normalized spacial score (nSPS) is 20.4. The van der Waals surface area contributed by atoms with Crippen molar-refractivity contribution in [2.75, 3.05) is 10.2 Å². The second kappa shape index (κ2) is 10.3. The molecule has 0 aliphatic heterocycles. The minimum Gasteiger partial charge on any atom is -0.359 e. The third kappa shape index (κ3) is 4.68. The van der Waals surface area contributed by atoms with Gasteiger partial charge in [-0.3, -0.25) is 0 Å². The second-order valence-corrected chi connectivity index (χ2v) is 11.5. The van der Waals surface area contributed by atoms with E-state index >= 15 is 0 Å². The standard InChI is InChI=1S/C38H35N3/c1-28-14-13-19-32(24-28)40(31-17-7-4-8-18-31)33-25-30(39-29-15-5-3-6-16-29)26-38(2,27-33)41-36-22-11-9-20-34(36)35-21-10-12-23-37(35)41/h3-13,15-25,27-28,39H,14,26H2,1-2H3. The number of hydrogen-bond donors (Lipinski definition) is 1. The lowest BCUT2D eigenvalue weighted by molar-refractivity contribution is 0.424. The summed E-state index contributed by atoms with van der Waals surface area (Å²) in [5.41, 5.74) is 7.99. The van der Waals surface area contributed by atoms with E-state index in [4.69, 9.17) is 0 Å². The van der Waals surface area contributed by atoms with Crippen molar-refractivity contribution in [2.24, 2.45) is 5.92 Å². The van der Waals surface area contributed by atoms with Gasteiger partial charge in [0.2, 0.25) is 0 Å². The number of anilines is 2. The number of nitrogens with zero attached hydrogens (tertiary/aromatic N) is 2. The topological polar surface area (TPSA) is 20.2 Å². The summed E-state index contributed by atoms with van der Waals surface area (Å²) in [6, 6.07) is 38.9. The summed E-state index contributed by atoms with van der Waals surface area (Å²) in [6.07, 6.45) is 13.7. The van der Waals surface area contributed by atoms with Crippen LogP contribution >= 0.6 is 0 Å². The van der Waals surface area contributed by atoms with Crippen molar-refractivity contribution in [3.63, 3.8) is 0 Å². The molecule has 4 aromatic carbocycles. The van der Waals surface area contributed by atoms with Crippen LogP contribution in [0.25, 0.3) is 21.8 Å². The summed E-state index contributed by atoms with van der Waals surface area (Å²) in [5.74, 6) is 0.486. The molecular formula is C38H35N3. The van der Waals surface area contributed by atoms with Crippen molar-refractivity contribution >= 4 is 33.2 Å². The molecule has 1 N–H and O–H groups in total. The Hall–Kier alpha value is -4.76. The van der Waals surface area contributed by atoms with Crippen LogP contribution in [-0.2, 0) is 5.54 Å². The molecule has 202 valence electrons. The zero-order valence-electron chi connectivity index (χ0n) is 23.7. The number of aromatic nitrogens is 1. The van der Waals surface area contributed by atoms with Gasteiger partial charge in [0.15, 0.2) is 0 Å². The fourth-order valence-electron chi connectivity index (χ4n) is 6.55. The highest BCUT2D eigenvalue weighted by Gasteiger charge is 2.34. The monoisotopic (exact) mass is 533 g/mol. The zero-order valence-corrected chi connectivity index (χ0v) is 23.7. The highest BCUT2D eigenvalue weighted by molar-refractivity contribution is 6.08. The Morgan fingerprint density at radius 2 is 1.37 bits per heavy atom. The van der Waals surface area contributed by atoms with Crippen molar-refractivity contribution in [1.82, 2.24) is 4.57 Å². The lowest BCUT2D eigenvalue weighted by Gasteiger charge is -2.39. The van der Waals surface area contributed by atoms with E-state index < -0.39 is 0 Å². The van der Waals surface area contributed by atoms with Gasteiger partial charge < -0.3 is 14.8 Å². The van der Waals surface area contributed by atoms with Gasteiger partial charge in [-0.1, -0.05) is 91.9 Å². The molecule has 2 aliphatic rings. The van der Waals surface area contributed by atoms with Crippen LogP contribution in [0.15, 0.2) is 157 Å². The first kappa shape index (κ1) is 25.2. The molecule has 3 heteroatoms. The first-order valence-corrected chi connectivity index (χ1v) is 14.6. The fraction of sp³-hybridized carbons (Fsp3) is 0.158. The van der Waals surface area contributed by atoms with Gasteiger partial charge in [0.1, 0.15) is 0 Å². The van der Waals surface area contributed by atoms with Crippen LogP contribution in [0.5, 0.6) is 0 Å². The molecule has 0 fully saturated rings. The van der Waals surface area contributed by atoms with Gasteiger partial charge in [0.25, 0.3) is 0 Å². The van der Waals surface area contributed by atoms with E-state index in [1.54, 1.807) is 0 Å². The van der Waals surface area contributed by atoms with E-state index in [0.717, 1.165) is 29.9 Å². The number of allylic oxidation sites excluding steroid dienone is 6. The highest BCUT2D eigenvalue weighted by Crippen LogP contribution is 2.43. The molecular weight excluding hydrogens is 498 g/mol. The molecule has 0 saturated carbocycles. The molecule has 2 atom stereocenters. The number of nitrogens with one attached hydrogen (secondary N) is 1. The maximum absolute atomic E-state index is 3.78. The van der Waals surface area contributed by atoms with E-state index in [1.165, 1.54) is 33.2 Å². The van der Waals surface area contributed by atoms with Crippen molar-refractivity contribution in [2.45, 2.75) is 32.2 Å². The lowest BCUT2D eigenvalue weighted by atomic mass is 9.87. The van der Waals surface area contributed by atoms with Crippen LogP contribution in [-0.4, -0.2) is 4.57 Å². The predicted molar refractivity (Wildman–Crippen MR) is 174 cm³/mol. The third-order valence-electron chi connectivity index (χ3n) is 8.28. The van der Waals surface area contributed by atoms with Crippen LogP contribution in [0, 0.1) is 5.92 Å². The Morgan fingerprint density at radius 1 is 0.756 bits per heavy atom. The average Bonchev–Trinajstić information content (AvgIpc) is 3.34. The van der Waals surface area contributed by atoms with Gasteiger partial charge in [-0.05, 0) is 73.9 Å². The Kier molecular flexibility index (Phi) is 6.36. The van der Waals surface area contributed by atoms with E-state index in [2.05, 4.69) is 168 Å². The number of fused-ring (bicyclic) bond motifs is 3. The first-order chi connectivity index (χ1) is 20.1. The largest absolute Gasteiger partial charge is 0.359 e. The van der Waals surface area contributed by atoms with E-state index in [0.29, 0.717) is 5.92 Å². The molecule has 7 rings (SSSR count). The Bertz CT molecular complexity index is 1790. The number of rotatable bonds is 6. The van der Waals surface area contributed by atoms with Crippen molar-refractivity contribution in [3.05, 3.63) is 157 Å². The van der Waals surface area contributed by atoms with Crippen molar-refractivity contribution < 1.29 is 0 Å². The molecule has 0 amide bonds. The highest BCUT2D eigenvalue weighted by atomic mass is 15.2. The third-order valence-corrected chi connectivity index (χ3v) is 8.28. The lowest BCUT2D eigenvalue weighted by Crippen LogP contribution is -2.35. The van der Waals surface area contributed by atoms with Gasteiger partial charge in [0, 0.05) is 56.7 Å². The Balaban J connectivity index is 1.46. The predicted octanol–water partition coefficient (Wildman–Crippen LogP) is 9.78. The molecule has 3 nitrogen and oxygen atoms in total. The molecule has 5 aromatic rings. The van der Waals surface area contributed by atoms with Crippen LogP contribution in [0.2, 0.25) is 0 Å². The maximum atomic E-state index is 3.78. The summed E-state index contributed by atoms with van der Waals surface area (Å²) in [7, 11) is 0. The summed E-state index contributed by atoms with van der Waals surface area (Å²) in [4.78, 5) is 2.42. The Morgan fingerprint density at radius 3 is 2.02 bits per heavy atom. The van der Waals surface area contributed by atoms with Gasteiger partial charge in [-0.15, -0.1) is 0 Å². The molecule has 0 saturated heterocycles. The molecule has 0 bridgehead atoms. The van der Waals surface area contributed by atoms with E-state index in [-0.39, 0.29) is 5.54 Å². The molecule has 0 radical (unpaired) electrons. The molecule has 2 aliphatic carbocycles. The summed E-state index contributed by atoms with van der Waals surface area (Å²) >= 11 is 0. The van der Waals surface area contributed by atoms with Crippen LogP contribution < -0.4 is 10.2 Å². The Labute approximate surface area is 242 Å². The molecule has 0 spiro atoms. The van der Waals surface area contributed by atoms with Gasteiger partial charge in [0.05, 0.1) is 5.54 Å². The summed E-state index contributed by atoms with van der Waals surface area (Å²) < 4.78 is 2.55. The van der Waals surface area contributed by atoms with Crippen molar-refractivity contribution in [3.8, 4) is 0 Å².